The molecule has 8 nitrogen and oxygen atoms in total. The number of rotatable bonds is 5. The number of hydrogen-bond donors (Lipinski definition) is 2. The third-order valence-corrected chi connectivity index (χ3v) is 2.96. The second kappa shape index (κ2) is 7.51. The zero-order valence-electron chi connectivity index (χ0n) is 13.0. The van der Waals surface area contributed by atoms with Gasteiger partial charge < -0.3 is 16.2 Å². The minimum Gasteiger partial charge on any atom is -0.457 e. The fourth-order valence-corrected chi connectivity index (χ4v) is 1.86. The number of non-ortho nitro benzene ring substituents is 1. The predicted molar refractivity (Wildman–Crippen MR) is 88.0 cm³/mol. The minimum atomic E-state index is -4.54. The summed E-state index contributed by atoms with van der Waals surface area (Å²) in [6.07, 6.45) is -3.46. The fourth-order valence-electron chi connectivity index (χ4n) is 1.86. The normalized spacial score (nSPS) is 11.3. The van der Waals surface area contributed by atoms with E-state index in [2.05, 4.69) is 10.2 Å². The third kappa shape index (κ3) is 4.93. The van der Waals surface area contributed by atoms with Gasteiger partial charge >= 0.3 is 6.18 Å². The van der Waals surface area contributed by atoms with E-state index in [1.54, 1.807) is 0 Å². The molecule has 0 aromatic heterocycles. The van der Waals surface area contributed by atoms with E-state index in [1.165, 1.54) is 18.2 Å². The minimum absolute atomic E-state index is 0.0319. The molecular weight excluding hydrogens is 355 g/mol. The van der Waals surface area contributed by atoms with Crippen molar-refractivity contribution in [1.82, 2.24) is 0 Å². The molecule has 0 atom stereocenters. The zero-order valence-corrected chi connectivity index (χ0v) is 13.0. The number of benzene rings is 2. The Bertz CT molecular complexity index is 877. The molecule has 0 saturated heterocycles. The maximum atomic E-state index is 12.8. The molecular formula is C15H12F3N5O3. The molecule has 0 bridgehead atoms. The van der Waals surface area contributed by atoms with Gasteiger partial charge in [-0.15, -0.1) is 5.10 Å². The first kappa shape index (κ1) is 18.7. The van der Waals surface area contributed by atoms with Gasteiger partial charge in [-0.05, 0) is 24.3 Å². The molecule has 0 spiro atoms. The lowest BCUT2D eigenvalue weighted by Crippen LogP contribution is -2.21. The number of alkyl halides is 3. The highest BCUT2D eigenvalue weighted by Gasteiger charge is 2.30. The van der Waals surface area contributed by atoms with Gasteiger partial charge in [0.25, 0.3) is 5.69 Å². The van der Waals surface area contributed by atoms with Gasteiger partial charge in [0.15, 0.2) is 0 Å². The Morgan fingerprint density at radius 2 is 1.92 bits per heavy atom. The van der Waals surface area contributed by atoms with Crippen LogP contribution in [0.2, 0.25) is 0 Å². The summed E-state index contributed by atoms with van der Waals surface area (Å²) >= 11 is 0. The van der Waals surface area contributed by atoms with Crippen molar-refractivity contribution in [2.75, 3.05) is 0 Å². The maximum Gasteiger partial charge on any atom is 0.416 e. The fraction of sp³-hybridized carbons (Fsp3) is 0.0667. The first-order valence-corrected chi connectivity index (χ1v) is 6.92. The van der Waals surface area contributed by atoms with Crippen LogP contribution in [-0.2, 0) is 6.18 Å². The lowest BCUT2D eigenvalue weighted by molar-refractivity contribution is -0.384. The number of guanidine groups is 1. The van der Waals surface area contributed by atoms with Crippen LogP contribution >= 0.6 is 0 Å². The average molecular weight is 367 g/mol. The summed E-state index contributed by atoms with van der Waals surface area (Å²) in [5.41, 5.74) is 9.18. The molecule has 0 radical (unpaired) electrons. The van der Waals surface area contributed by atoms with Crippen molar-refractivity contribution in [3.63, 3.8) is 0 Å². The number of halogens is 3. The van der Waals surface area contributed by atoms with Crippen LogP contribution in [0, 0.1) is 10.1 Å². The largest absolute Gasteiger partial charge is 0.457 e. The number of hydrogen-bond acceptors (Lipinski definition) is 5. The molecule has 136 valence electrons. The van der Waals surface area contributed by atoms with Crippen LogP contribution in [0.5, 0.6) is 11.5 Å². The zero-order chi connectivity index (χ0) is 19.3. The Labute approximate surface area is 144 Å². The molecule has 2 rings (SSSR count). The molecule has 4 N–H and O–H groups in total. The Morgan fingerprint density at radius 1 is 1.19 bits per heavy atom. The molecule has 26 heavy (non-hydrogen) atoms. The van der Waals surface area contributed by atoms with Crippen LogP contribution < -0.4 is 16.2 Å². The van der Waals surface area contributed by atoms with Gasteiger partial charge in [0, 0.05) is 17.7 Å². The first-order chi connectivity index (χ1) is 12.2. The highest BCUT2D eigenvalue weighted by molar-refractivity contribution is 5.85. The molecule has 0 aliphatic carbocycles. The van der Waals surface area contributed by atoms with E-state index < -0.39 is 16.7 Å². The van der Waals surface area contributed by atoms with Gasteiger partial charge in [-0.2, -0.15) is 18.3 Å². The standard InChI is InChI=1S/C15H12F3N5O3/c16-15(17,18)10-2-1-3-12(7-10)26-13-5-4-11(23(24)25)6-9(13)8-21-22-14(19)20/h1-8H,(H4,19,20,22). The summed E-state index contributed by atoms with van der Waals surface area (Å²) in [6, 6.07) is 7.68. The molecule has 0 unspecified atom stereocenters. The number of nitro groups is 1. The summed E-state index contributed by atoms with van der Waals surface area (Å²) in [7, 11) is 0. The van der Waals surface area contributed by atoms with Crippen molar-refractivity contribution in [2.45, 2.75) is 6.18 Å². The van der Waals surface area contributed by atoms with Crippen LogP contribution in [0.15, 0.2) is 52.7 Å². The van der Waals surface area contributed by atoms with Crippen LogP contribution in [0.25, 0.3) is 0 Å². The summed E-state index contributed by atoms with van der Waals surface area (Å²) < 4.78 is 43.8. The maximum absolute atomic E-state index is 12.8. The average Bonchev–Trinajstić information content (AvgIpc) is 2.55. The summed E-state index contributed by atoms with van der Waals surface area (Å²) in [5, 5.41) is 17.8. The van der Waals surface area contributed by atoms with Crippen LogP contribution in [0.4, 0.5) is 18.9 Å². The molecule has 0 saturated carbocycles. The smallest absolute Gasteiger partial charge is 0.416 e. The molecule has 11 heteroatoms. The van der Waals surface area contributed by atoms with Gasteiger partial charge in [-0.3, -0.25) is 10.1 Å². The summed E-state index contributed by atoms with van der Waals surface area (Å²) in [5.74, 6) is -0.415. The first-order valence-electron chi connectivity index (χ1n) is 6.92. The lowest BCUT2D eigenvalue weighted by Gasteiger charge is -2.11. The van der Waals surface area contributed by atoms with Crippen LogP contribution in [-0.4, -0.2) is 17.1 Å². The van der Waals surface area contributed by atoms with E-state index in [4.69, 9.17) is 16.2 Å². The number of nitrogens with two attached hydrogens (primary N) is 2. The van der Waals surface area contributed by atoms with E-state index in [1.807, 2.05) is 0 Å². The van der Waals surface area contributed by atoms with Crippen molar-refractivity contribution in [3.8, 4) is 11.5 Å². The van der Waals surface area contributed by atoms with Gasteiger partial charge in [0.1, 0.15) is 11.5 Å². The van der Waals surface area contributed by atoms with E-state index in [0.29, 0.717) is 0 Å². The SMILES string of the molecule is NC(N)=NN=Cc1cc([N+](=O)[O-])ccc1Oc1cccc(C(F)(F)F)c1. The molecule has 0 fully saturated rings. The summed E-state index contributed by atoms with van der Waals surface area (Å²) in [6.45, 7) is 0. The number of nitrogens with zero attached hydrogens (tertiary/aromatic N) is 3. The van der Waals surface area contributed by atoms with Crippen molar-refractivity contribution in [1.29, 1.82) is 0 Å². The van der Waals surface area contributed by atoms with Crippen molar-refractivity contribution < 1.29 is 22.8 Å². The van der Waals surface area contributed by atoms with Gasteiger partial charge in [-0.25, -0.2) is 0 Å². The Morgan fingerprint density at radius 3 is 2.54 bits per heavy atom. The molecule has 0 aliphatic rings. The monoisotopic (exact) mass is 367 g/mol. The Kier molecular flexibility index (Phi) is 5.40. The van der Waals surface area contributed by atoms with Crippen molar-refractivity contribution in [3.05, 3.63) is 63.7 Å². The van der Waals surface area contributed by atoms with Crippen LogP contribution in [0.1, 0.15) is 11.1 Å². The molecule has 2 aromatic carbocycles. The topological polar surface area (TPSA) is 129 Å². The summed E-state index contributed by atoms with van der Waals surface area (Å²) in [4.78, 5) is 10.2. The van der Waals surface area contributed by atoms with E-state index in [9.17, 15) is 23.3 Å². The second-order valence-electron chi connectivity index (χ2n) is 4.88. The molecule has 0 heterocycles. The van der Waals surface area contributed by atoms with E-state index in [0.717, 1.165) is 30.5 Å². The third-order valence-electron chi connectivity index (χ3n) is 2.96. The highest BCUT2D eigenvalue weighted by Crippen LogP contribution is 2.33. The quantitative estimate of drug-likeness (QED) is 0.363. The predicted octanol–water partition coefficient (Wildman–Crippen LogP) is 3.01. The molecule has 0 aliphatic heterocycles. The Hall–Kier alpha value is -3.63. The second-order valence-corrected chi connectivity index (χ2v) is 4.88. The Balaban J connectivity index is 2.41. The van der Waals surface area contributed by atoms with Gasteiger partial charge in [-0.1, -0.05) is 6.07 Å². The molecule has 0 amide bonds. The number of ether oxygens (including phenoxy) is 1. The van der Waals surface area contributed by atoms with Gasteiger partial charge in [0.05, 0.1) is 16.7 Å². The van der Waals surface area contributed by atoms with Gasteiger partial charge in [0.2, 0.25) is 5.96 Å². The van der Waals surface area contributed by atoms with E-state index in [-0.39, 0.29) is 28.7 Å². The highest BCUT2D eigenvalue weighted by atomic mass is 19.4. The van der Waals surface area contributed by atoms with Crippen molar-refractivity contribution >= 4 is 17.9 Å². The van der Waals surface area contributed by atoms with E-state index >= 15 is 0 Å². The van der Waals surface area contributed by atoms with Crippen LogP contribution in [0.3, 0.4) is 0 Å². The van der Waals surface area contributed by atoms with Crippen molar-refractivity contribution in [2.24, 2.45) is 21.7 Å². The molecule has 2 aromatic rings. The number of nitro benzene ring substituents is 1. The lowest BCUT2D eigenvalue weighted by atomic mass is 10.2.